The van der Waals surface area contributed by atoms with Crippen molar-refractivity contribution in [2.24, 2.45) is 28.1 Å². The van der Waals surface area contributed by atoms with E-state index in [1.807, 2.05) is 0 Å². The predicted molar refractivity (Wildman–Crippen MR) is 194 cm³/mol. The maximum atomic E-state index is 13.2. The molecule has 1 aliphatic heterocycles. The van der Waals surface area contributed by atoms with Crippen LogP contribution in [0.5, 0.6) is 0 Å². The molecule has 294 valence electrons. The van der Waals surface area contributed by atoms with Gasteiger partial charge in [0, 0.05) is 24.6 Å². The molecule has 1 saturated heterocycles. The minimum Gasteiger partial charge on any atom is -0.480 e. The van der Waals surface area contributed by atoms with Crippen molar-refractivity contribution < 1.29 is 48.6 Å². The molecule has 0 bridgehead atoms. The number of aliphatic imine (C=N–C) groups is 1. The van der Waals surface area contributed by atoms with Gasteiger partial charge in [0.15, 0.2) is 5.96 Å². The highest BCUT2D eigenvalue weighted by atomic mass is 32.1. The third-order valence-electron chi connectivity index (χ3n) is 7.68. The third-order valence-corrected chi connectivity index (χ3v) is 8.44. The third kappa shape index (κ3) is 15.5. The summed E-state index contributed by atoms with van der Waals surface area (Å²) in [6.07, 6.45) is 1.22. The summed E-state index contributed by atoms with van der Waals surface area (Å²) in [5.74, 6) is -7.43. The van der Waals surface area contributed by atoms with Gasteiger partial charge in [0.2, 0.25) is 41.4 Å². The van der Waals surface area contributed by atoms with E-state index in [-0.39, 0.29) is 36.9 Å². The van der Waals surface area contributed by atoms with Gasteiger partial charge in [-0.05, 0) is 31.6 Å². The van der Waals surface area contributed by atoms with E-state index in [0.717, 1.165) is 0 Å². The van der Waals surface area contributed by atoms with Crippen LogP contribution in [0.4, 0.5) is 0 Å². The molecule has 1 fully saturated rings. The monoisotopic (exact) mass is 777 g/mol. The molecule has 14 N–H and O–H groups in total. The Morgan fingerprint density at radius 2 is 1.50 bits per heavy atom. The van der Waals surface area contributed by atoms with Crippen LogP contribution in [0.25, 0.3) is 0 Å². The molecule has 1 rings (SSSR count). The quantitative estimate of drug-likeness (QED) is 0.0211. The maximum Gasteiger partial charge on any atom is 0.327 e. The number of guanidine groups is 1. The Bertz CT molecular complexity index is 1320. The molecule has 0 spiro atoms. The number of hydrogen-bond donors (Lipinski definition) is 13. The van der Waals surface area contributed by atoms with Gasteiger partial charge < -0.3 is 64.2 Å². The van der Waals surface area contributed by atoms with Gasteiger partial charge >= 0.3 is 5.97 Å². The number of nitrogens with two attached hydrogens (primary N) is 3. The molecular formula is C29H51N11O10S2. The van der Waals surface area contributed by atoms with Crippen molar-refractivity contribution in [2.75, 3.05) is 44.3 Å². The number of rotatable bonds is 22. The van der Waals surface area contributed by atoms with Gasteiger partial charge in [-0.25, -0.2) is 4.79 Å². The summed E-state index contributed by atoms with van der Waals surface area (Å²) in [4.78, 5) is 106. The van der Waals surface area contributed by atoms with E-state index in [4.69, 9.17) is 22.3 Å². The molecule has 0 aromatic rings. The molecule has 21 nitrogen and oxygen atoms in total. The average Bonchev–Trinajstić information content (AvgIpc) is 3.60. The van der Waals surface area contributed by atoms with E-state index >= 15 is 0 Å². The molecule has 6 atom stereocenters. The molecule has 23 heteroatoms. The molecular weight excluding hydrogens is 727 g/mol. The van der Waals surface area contributed by atoms with E-state index in [1.54, 1.807) is 13.8 Å². The Morgan fingerprint density at radius 1 is 0.846 bits per heavy atom. The van der Waals surface area contributed by atoms with Crippen LogP contribution in [0.3, 0.4) is 0 Å². The van der Waals surface area contributed by atoms with Gasteiger partial charge in [-0.15, -0.1) is 0 Å². The lowest BCUT2D eigenvalue weighted by atomic mass is 10.0. The van der Waals surface area contributed by atoms with Crippen LogP contribution in [0.2, 0.25) is 0 Å². The molecule has 1 heterocycles. The zero-order valence-electron chi connectivity index (χ0n) is 29.0. The number of likely N-dealkylation sites (tertiary alicyclic amines) is 1. The highest BCUT2D eigenvalue weighted by Gasteiger charge is 2.37. The number of carbonyl (C=O) groups excluding carboxylic acids is 7. The van der Waals surface area contributed by atoms with Crippen molar-refractivity contribution >= 4 is 78.5 Å². The lowest BCUT2D eigenvalue weighted by Gasteiger charge is -2.28. The largest absolute Gasteiger partial charge is 0.480 e. The molecule has 0 radical (unpaired) electrons. The first-order valence-corrected chi connectivity index (χ1v) is 17.6. The van der Waals surface area contributed by atoms with Gasteiger partial charge in [-0.3, -0.25) is 38.6 Å². The first-order valence-electron chi connectivity index (χ1n) is 16.4. The summed E-state index contributed by atoms with van der Waals surface area (Å²) < 4.78 is 0. The number of nitrogens with zero attached hydrogens (tertiary/aromatic N) is 2. The van der Waals surface area contributed by atoms with Crippen molar-refractivity contribution in [1.82, 2.24) is 36.8 Å². The van der Waals surface area contributed by atoms with Crippen LogP contribution in [-0.4, -0.2) is 149 Å². The van der Waals surface area contributed by atoms with E-state index in [9.17, 15) is 43.5 Å². The van der Waals surface area contributed by atoms with Crippen molar-refractivity contribution in [3.05, 3.63) is 0 Å². The lowest BCUT2D eigenvalue weighted by molar-refractivity contribution is -0.142. The van der Waals surface area contributed by atoms with Crippen LogP contribution in [-0.2, 0) is 38.4 Å². The maximum absolute atomic E-state index is 13.2. The number of thiol groups is 2. The van der Waals surface area contributed by atoms with Crippen molar-refractivity contribution in [3.63, 3.8) is 0 Å². The molecule has 0 aliphatic carbocycles. The SMILES string of the molecule is CC(C)[C@H](NC(=O)[C@H](CO)NC(=O)CNC(=O)CNC(=O)[C@H](CCCN=C(N)N)NC(=O)[C@@H]1CCCN1C(=O)[C@@H](N)CS)C(=O)N[C@@H](CS)C(=O)O. The first kappa shape index (κ1) is 45.7. The van der Waals surface area contributed by atoms with Gasteiger partial charge in [0.25, 0.3) is 0 Å². The van der Waals surface area contributed by atoms with E-state index in [1.165, 1.54) is 4.90 Å². The number of aliphatic carboxylic acids is 1. The van der Waals surface area contributed by atoms with E-state index < -0.39 is 109 Å². The zero-order chi connectivity index (χ0) is 39.5. The first-order chi connectivity index (χ1) is 24.5. The summed E-state index contributed by atoms with van der Waals surface area (Å²) >= 11 is 7.92. The zero-order valence-corrected chi connectivity index (χ0v) is 30.8. The second-order valence-corrected chi connectivity index (χ2v) is 12.8. The number of amides is 7. The second-order valence-electron chi connectivity index (χ2n) is 12.1. The van der Waals surface area contributed by atoms with Crippen molar-refractivity contribution in [2.45, 2.75) is 75.8 Å². The summed E-state index contributed by atoms with van der Waals surface area (Å²) in [6, 6.07) is -7.01. The van der Waals surface area contributed by atoms with Crippen LogP contribution in [0.1, 0.15) is 39.5 Å². The molecule has 1 aliphatic rings. The molecule has 0 unspecified atom stereocenters. The average molecular weight is 778 g/mol. The molecule has 0 saturated carbocycles. The highest BCUT2D eigenvalue weighted by molar-refractivity contribution is 7.80. The fraction of sp³-hybridized carbons (Fsp3) is 0.690. The number of nitrogens with one attached hydrogen (secondary N) is 6. The van der Waals surface area contributed by atoms with Gasteiger partial charge in [0.1, 0.15) is 30.2 Å². The summed E-state index contributed by atoms with van der Waals surface area (Å²) in [5.41, 5.74) is 16.5. The summed E-state index contributed by atoms with van der Waals surface area (Å²) in [5, 5.41) is 32.9. The van der Waals surface area contributed by atoms with Crippen LogP contribution in [0, 0.1) is 5.92 Å². The molecule has 0 aromatic heterocycles. The number of carboxylic acids is 1. The Balaban J connectivity index is 2.78. The number of carbonyl (C=O) groups is 8. The predicted octanol–water partition coefficient (Wildman–Crippen LogP) is -5.88. The number of aliphatic hydroxyl groups excluding tert-OH is 1. The second kappa shape index (κ2) is 23.3. The van der Waals surface area contributed by atoms with Crippen molar-refractivity contribution in [1.29, 1.82) is 0 Å². The molecule has 0 aromatic carbocycles. The number of hydrogen-bond acceptors (Lipinski definition) is 13. The molecule has 52 heavy (non-hydrogen) atoms. The standard InChI is InChI=1S/C29H51N11O10S2/c1-14(2)22(26(47)38-18(13-52)28(49)50)39-24(45)17(11-41)36-21(43)10-34-20(42)9-35-23(44)16(5-3-7-33-29(31)32)37-25(46)19-6-4-8-40(19)27(48)15(30)12-51/h14-19,22,41,51-52H,3-13,30H2,1-2H3,(H,34,42)(H,35,44)(H,36,43)(H,37,46)(H,38,47)(H,39,45)(H,49,50)(H4,31,32,33)/t15-,16-,17-,18-,19-,22-/m0/s1. The topological polar surface area (TPSA) is 343 Å². The van der Waals surface area contributed by atoms with E-state index in [2.05, 4.69) is 62.2 Å². The Hall–Kier alpha value is -4.35. The van der Waals surface area contributed by atoms with E-state index in [0.29, 0.717) is 19.4 Å². The number of carboxylic acid groups (broad SMARTS) is 1. The number of aliphatic hydroxyl groups is 1. The normalized spacial score (nSPS) is 16.7. The Kier molecular flexibility index (Phi) is 20.4. The summed E-state index contributed by atoms with van der Waals surface area (Å²) in [6.45, 7) is 1.44. The summed E-state index contributed by atoms with van der Waals surface area (Å²) in [7, 11) is 0. The molecule has 7 amide bonds. The van der Waals surface area contributed by atoms with Gasteiger partial charge in [-0.1, -0.05) is 13.8 Å². The lowest BCUT2D eigenvalue weighted by Crippen LogP contribution is -2.59. The minimum absolute atomic E-state index is 0.0640. The smallest absolute Gasteiger partial charge is 0.327 e. The van der Waals surface area contributed by atoms with Crippen LogP contribution < -0.4 is 49.1 Å². The van der Waals surface area contributed by atoms with Gasteiger partial charge in [-0.2, -0.15) is 25.3 Å². The minimum atomic E-state index is -1.54. The Labute approximate surface area is 311 Å². The fourth-order valence-corrected chi connectivity index (χ4v) is 5.25. The highest BCUT2D eigenvalue weighted by Crippen LogP contribution is 2.19. The van der Waals surface area contributed by atoms with Gasteiger partial charge in [0.05, 0.1) is 25.7 Å². The van der Waals surface area contributed by atoms with Crippen LogP contribution in [0.15, 0.2) is 4.99 Å². The van der Waals surface area contributed by atoms with Crippen LogP contribution >= 0.6 is 25.3 Å². The Morgan fingerprint density at radius 3 is 2.06 bits per heavy atom. The van der Waals surface area contributed by atoms with Crippen molar-refractivity contribution in [3.8, 4) is 0 Å². The fourth-order valence-electron chi connectivity index (χ4n) is 4.84.